The molecule has 0 saturated carbocycles. The van der Waals surface area contributed by atoms with Gasteiger partial charge in [-0.2, -0.15) is 0 Å². The van der Waals surface area contributed by atoms with Gasteiger partial charge in [0.1, 0.15) is 6.04 Å². The van der Waals surface area contributed by atoms with E-state index in [9.17, 15) is 14.4 Å². The van der Waals surface area contributed by atoms with Crippen molar-refractivity contribution < 1.29 is 14.4 Å². The molecule has 0 aliphatic rings. The summed E-state index contributed by atoms with van der Waals surface area (Å²) >= 11 is 0. The first-order chi connectivity index (χ1) is 19.4. The van der Waals surface area contributed by atoms with Crippen molar-refractivity contribution in [3.8, 4) is 0 Å². The van der Waals surface area contributed by atoms with E-state index in [1.54, 1.807) is 0 Å². The molecule has 5 N–H and O–H groups in total. The van der Waals surface area contributed by atoms with E-state index in [4.69, 9.17) is 0 Å². The molecule has 0 aromatic heterocycles. The minimum absolute atomic E-state index is 0.0249. The van der Waals surface area contributed by atoms with Gasteiger partial charge in [-0.15, -0.1) is 0 Å². The summed E-state index contributed by atoms with van der Waals surface area (Å²) in [5.74, 6) is 0.693. The van der Waals surface area contributed by atoms with Crippen molar-refractivity contribution in [2.45, 2.75) is 175 Å². The van der Waals surface area contributed by atoms with Gasteiger partial charge in [-0.1, -0.05) is 92.9 Å². The van der Waals surface area contributed by atoms with Crippen LogP contribution in [0.4, 0.5) is 0 Å². The van der Waals surface area contributed by atoms with Crippen molar-refractivity contribution in [2.24, 2.45) is 5.92 Å². The van der Waals surface area contributed by atoms with Crippen LogP contribution in [-0.4, -0.2) is 61.0 Å². The molecule has 2 atom stereocenters. The number of unbranched alkanes of at least 4 members (excludes halogenated alkanes) is 7. The van der Waals surface area contributed by atoms with Gasteiger partial charge in [-0.3, -0.25) is 14.4 Å². The standard InChI is InChI=1S/C33H67N5O3/c1-25(2)19-13-9-10-16-22-31(39)35-24-18-12-14-20-29(36-27(5)6)33(41)38-30(32(40)37-28(7)8)21-15-11-17-23-34-26(3)4/h25-30,34,36H,9-24H2,1-8H3,(H,35,39)(H,37,40)(H,38,41). The molecular formula is C33H67N5O3. The molecule has 0 aromatic rings. The molecule has 8 nitrogen and oxygen atoms in total. The Kier molecular flexibility index (Phi) is 23.9. The normalized spacial score (nSPS) is 13.2. The van der Waals surface area contributed by atoms with Crippen LogP contribution in [0.15, 0.2) is 0 Å². The van der Waals surface area contributed by atoms with Crippen LogP contribution in [0, 0.1) is 5.92 Å². The van der Waals surface area contributed by atoms with E-state index < -0.39 is 6.04 Å². The van der Waals surface area contributed by atoms with Gasteiger partial charge in [0.05, 0.1) is 6.04 Å². The molecular weight excluding hydrogens is 514 g/mol. The summed E-state index contributed by atoms with van der Waals surface area (Å²) in [7, 11) is 0. The Bertz CT molecular complexity index is 682. The average Bonchev–Trinajstić information content (AvgIpc) is 2.87. The number of amides is 3. The molecule has 242 valence electrons. The van der Waals surface area contributed by atoms with E-state index in [1.165, 1.54) is 19.3 Å². The Labute approximate surface area is 253 Å². The highest BCUT2D eigenvalue weighted by atomic mass is 16.2. The van der Waals surface area contributed by atoms with Crippen LogP contribution < -0.4 is 26.6 Å². The van der Waals surface area contributed by atoms with Crippen LogP contribution >= 0.6 is 0 Å². The first-order valence-electron chi connectivity index (χ1n) is 16.8. The van der Waals surface area contributed by atoms with E-state index in [-0.39, 0.29) is 35.8 Å². The number of nitrogens with one attached hydrogen (secondary N) is 5. The van der Waals surface area contributed by atoms with Gasteiger partial charge < -0.3 is 26.6 Å². The zero-order chi connectivity index (χ0) is 31.0. The SMILES string of the molecule is CC(C)CCCCCCC(=O)NCCCCCC(NC(C)C)C(=O)NC(CCCCCNC(C)C)C(=O)NC(C)C. The monoisotopic (exact) mass is 582 g/mol. The molecule has 41 heavy (non-hydrogen) atoms. The highest BCUT2D eigenvalue weighted by Crippen LogP contribution is 2.11. The van der Waals surface area contributed by atoms with Gasteiger partial charge in [-0.25, -0.2) is 0 Å². The van der Waals surface area contributed by atoms with Crippen molar-refractivity contribution in [2.75, 3.05) is 13.1 Å². The van der Waals surface area contributed by atoms with Gasteiger partial charge in [0.25, 0.3) is 0 Å². The van der Waals surface area contributed by atoms with Gasteiger partial charge in [0.2, 0.25) is 17.7 Å². The molecule has 0 fully saturated rings. The molecule has 0 bridgehead atoms. The number of rotatable bonds is 26. The highest BCUT2D eigenvalue weighted by Gasteiger charge is 2.26. The maximum atomic E-state index is 13.3. The predicted molar refractivity (Wildman–Crippen MR) is 173 cm³/mol. The third kappa shape index (κ3) is 24.6. The fraction of sp³-hybridized carbons (Fsp3) is 0.909. The molecule has 3 amide bonds. The van der Waals surface area contributed by atoms with E-state index in [0.29, 0.717) is 31.8 Å². The number of carbonyl (C=O) groups excluding carboxylic acids is 3. The zero-order valence-corrected chi connectivity index (χ0v) is 28.0. The van der Waals surface area contributed by atoms with Crippen molar-refractivity contribution in [3.63, 3.8) is 0 Å². The fourth-order valence-corrected chi connectivity index (χ4v) is 4.82. The number of carbonyl (C=O) groups is 3. The summed E-state index contributed by atoms with van der Waals surface area (Å²) in [5.41, 5.74) is 0. The first kappa shape index (κ1) is 39.3. The second kappa shape index (κ2) is 24.9. The molecule has 0 radical (unpaired) electrons. The van der Waals surface area contributed by atoms with Crippen LogP contribution in [0.3, 0.4) is 0 Å². The molecule has 0 aliphatic heterocycles. The molecule has 2 unspecified atom stereocenters. The number of hydrogen-bond acceptors (Lipinski definition) is 5. The predicted octanol–water partition coefficient (Wildman–Crippen LogP) is 5.59. The summed E-state index contributed by atoms with van der Waals surface area (Å²) in [5, 5.41) is 15.9. The second-order valence-corrected chi connectivity index (χ2v) is 13.1. The topological polar surface area (TPSA) is 111 Å². The molecule has 0 aromatic carbocycles. The molecule has 0 saturated heterocycles. The Hall–Kier alpha value is -1.67. The van der Waals surface area contributed by atoms with Crippen molar-refractivity contribution in [3.05, 3.63) is 0 Å². The zero-order valence-electron chi connectivity index (χ0n) is 28.0. The third-order valence-corrected chi connectivity index (χ3v) is 7.06. The maximum absolute atomic E-state index is 13.3. The number of hydrogen-bond donors (Lipinski definition) is 5. The summed E-state index contributed by atoms with van der Waals surface area (Å²) in [6.45, 7) is 18.4. The molecule has 0 aliphatic carbocycles. The van der Waals surface area contributed by atoms with Crippen molar-refractivity contribution in [1.29, 1.82) is 0 Å². The van der Waals surface area contributed by atoms with E-state index in [0.717, 1.165) is 63.8 Å². The summed E-state index contributed by atoms with van der Waals surface area (Å²) in [4.78, 5) is 38.3. The maximum Gasteiger partial charge on any atom is 0.242 e. The molecule has 0 spiro atoms. The highest BCUT2D eigenvalue weighted by molar-refractivity contribution is 5.89. The van der Waals surface area contributed by atoms with Gasteiger partial charge in [0.15, 0.2) is 0 Å². The summed E-state index contributed by atoms with van der Waals surface area (Å²) < 4.78 is 0. The van der Waals surface area contributed by atoms with Gasteiger partial charge in [0, 0.05) is 31.1 Å². The fourth-order valence-electron chi connectivity index (χ4n) is 4.82. The second-order valence-electron chi connectivity index (χ2n) is 13.1. The van der Waals surface area contributed by atoms with Gasteiger partial charge in [-0.05, 0) is 58.4 Å². The largest absolute Gasteiger partial charge is 0.356 e. The van der Waals surface area contributed by atoms with Crippen molar-refractivity contribution >= 4 is 17.7 Å². The Morgan fingerprint density at radius 1 is 0.512 bits per heavy atom. The first-order valence-corrected chi connectivity index (χ1v) is 16.8. The molecule has 0 heterocycles. The average molecular weight is 582 g/mol. The molecule has 0 rings (SSSR count). The lowest BCUT2D eigenvalue weighted by molar-refractivity contribution is -0.130. The minimum atomic E-state index is -0.523. The lowest BCUT2D eigenvalue weighted by atomic mass is 10.0. The molecule has 8 heteroatoms. The van der Waals surface area contributed by atoms with Gasteiger partial charge >= 0.3 is 0 Å². The van der Waals surface area contributed by atoms with Crippen molar-refractivity contribution in [1.82, 2.24) is 26.6 Å². The third-order valence-electron chi connectivity index (χ3n) is 7.06. The Balaban J connectivity index is 4.52. The summed E-state index contributed by atoms with van der Waals surface area (Å²) in [6.07, 6.45) is 13.5. The van der Waals surface area contributed by atoms with Crippen LogP contribution in [0.25, 0.3) is 0 Å². The van der Waals surface area contributed by atoms with E-state index in [2.05, 4.69) is 54.3 Å². The van der Waals surface area contributed by atoms with Crippen LogP contribution in [0.2, 0.25) is 0 Å². The van der Waals surface area contributed by atoms with Crippen LogP contribution in [0.5, 0.6) is 0 Å². The minimum Gasteiger partial charge on any atom is -0.356 e. The smallest absolute Gasteiger partial charge is 0.242 e. The Morgan fingerprint density at radius 2 is 1.05 bits per heavy atom. The summed E-state index contributed by atoms with van der Waals surface area (Å²) in [6, 6.07) is -0.208. The quantitative estimate of drug-likeness (QED) is 0.0855. The van der Waals surface area contributed by atoms with E-state index in [1.807, 2.05) is 27.7 Å². The lowest BCUT2D eigenvalue weighted by Crippen LogP contribution is -2.54. The lowest BCUT2D eigenvalue weighted by Gasteiger charge is -2.25. The van der Waals surface area contributed by atoms with E-state index >= 15 is 0 Å². The van der Waals surface area contributed by atoms with Crippen LogP contribution in [0.1, 0.15) is 145 Å². The Morgan fingerprint density at radius 3 is 1.63 bits per heavy atom. The van der Waals surface area contributed by atoms with Crippen LogP contribution in [-0.2, 0) is 14.4 Å².